The molecule has 2 aliphatic rings. The smallest absolute Gasteiger partial charge is 0.239 e. The van der Waals surface area contributed by atoms with Gasteiger partial charge in [-0.2, -0.15) is 0 Å². The van der Waals surface area contributed by atoms with Crippen LogP contribution in [0.1, 0.15) is 30.0 Å². The predicted octanol–water partition coefficient (Wildman–Crippen LogP) is 2.08. The number of carbonyl (C=O) groups is 1. The minimum atomic E-state index is -0.221. The van der Waals surface area contributed by atoms with Gasteiger partial charge in [-0.15, -0.1) is 24.8 Å². The summed E-state index contributed by atoms with van der Waals surface area (Å²) in [6.45, 7) is 6.86. The van der Waals surface area contributed by atoms with Gasteiger partial charge >= 0.3 is 0 Å². The molecule has 7 heteroatoms. The van der Waals surface area contributed by atoms with Gasteiger partial charge in [0.1, 0.15) is 6.04 Å². The third kappa shape index (κ3) is 6.12. The van der Waals surface area contributed by atoms with Gasteiger partial charge < -0.3 is 15.4 Å². The lowest BCUT2D eigenvalue weighted by molar-refractivity contribution is -0.126. The van der Waals surface area contributed by atoms with Crippen LogP contribution in [0.4, 0.5) is 0 Å². The molecule has 2 aliphatic heterocycles. The molecule has 2 unspecified atom stereocenters. The van der Waals surface area contributed by atoms with Crippen molar-refractivity contribution in [3.8, 4) is 0 Å². The number of likely N-dealkylation sites (tertiary alicyclic amines) is 1. The Morgan fingerprint density at radius 3 is 2.56 bits per heavy atom. The molecule has 1 aromatic rings. The van der Waals surface area contributed by atoms with Gasteiger partial charge in [0.05, 0.1) is 19.3 Å². The monoisotopic (exact) mass is 389 g/mol. The standard InChI is InChI=1S/C18H27N3O2.2ClH/c1-14-4-6-15(7-5-14)17(21-9-2-3-10-21)12-20-18(22)16-13-23-11-8-19-16;;/h4-7,16-17,19H,2-3,8-13H2,1H3,(H,20,22);2*1H. The highest BCUT2D eigenvalue weighted by molar-refractivity contribution is 5.85. The van der Waals surface area contributed by atoms with E-state index in [0.717, 1.165) is 19.6 Å². The summed E-state index contributed by atoms with van der Waals surface area (Å²) in [7, 11) is 0. The van der Waals surface area contributed by atoms with E-state index in [1.807, 2.05) is 0 Å². The number of halogens is 2. The maximum Gasteiger partial charge on any atom is 0.239 e. The van der Waals surface area contributed by atoms with Crippen molar-refractivity contribution in [2.75, 3.05) is 39.4 Å². The lowest BCUT2D eigenvalue weighted by Gasteiger charge is -2.30. The number of hydrogen-bond acceptors (Lipinski definition) is 4. The fourth-order valence-electron chi connectivity index (χ4n) is 3.35. The van der Waals surface area contributed by atoms with Crippen molar-refractivity contribution in [3.63, 3.8) is 0 Å². The maximum absolute atomic E-state index is 12.3. The molecule has 2 heterocycles. The number of rotatable bonds is 5. The summed E-state index contributed by atoms with van der Waals surface area (Å²) >= 11 is 0. The molecule has 0 aliphatic carbocycles. The molecule has 2 fully saturated rings. The minimum absolute atomic E-state index is 0. The van der Waals surface area contributed by atoms with E-state index >= 15 is 0 Å². The first-order valence-electron chi connectivity index (χ1n) is 8.63. The fourth-order valence-corrected chi connectivity index (χ4v) is 3.35. The summed E-state index contributed by atoms with van der Waals surface area (Å²) < 4.78 is 5.37. The summed E-state index contributed by atoms with van der Waals surface area (Å²) in [6.07, 6.45) is 2.49. The first-order chi connectivity index (χ1) is 11.2. The van der Waals surface area contributed by atoms with Gasteiger partial charge in [-0.25, -0.2) is 0 Å². The Morgan fingerprint density at radius 2 is 1.96 bits per heavy atom. The molecule has 0 spiro atoms. The van der Waals surface area contributed by atoms with Crippen molar-refractivity contribution in [2.24, 2.45) is 0 Å². The third-order valence-corrected chi connectivity index (χ3v) is 4.75. The lowest BCUT2D eigenvalue weighted by Crippen LogP contribution is -2.52. The van der Waals surface area contributed by atoms with E-state index < -0.39 is 0 Å². The van der Waals surface area contributed by atoms with Crippen LogP contribution < -0.4 is 10.6 Å². The summed E-state index contributed by atoms with van der Waals surface area (Å²) in [6, 6.07) is 8.71. The summed E-state index contributed by atoms with van der Waals surface area (Å²) in [5.41, 5.74) is 2.55. The van der Waals surface area contributed by atoms with Crippen LogP contribution in [0.3, 0.4) is 0 Å². The molecule has 0 aromatic heterocycles. The Morgan fingerprint density at radius 1 is 1.28 bits per heavy atom. The van der Waals surface area contributed by atoms with Crippen LogP contribution in [-0.2, 0) is 9.53 Å². The number of ether oxygens (including phenoxy) is 1. The molecular weight excluding hydrogens is 361 g/mol. The van der Waals surface area contributed by atoms with Crippen LogP contribution >= 0.6 is 24.8 Å². The first kappa shape index (κ1) is 22.2. The van der Waals surface area contributed by atoms with Crippen LogP contribution in [0.25, 0.3) is 0 Å². The molecule has 3 rings (SSSR count). The number of hydrogen-bond donors (Lipinski definition) is 2. The summed E-state index contributed by atoms with van der Waals surface area (Å²) in [4.78, 5) is 14.8. The Balaban J connectivity index is 0.00000156. The summed E-state index contributed by atoms with van der Waals surface area (Å²) in [5.74, 6) is 0.0426. The second-order valence-electron chi connectivity index (χ2n) is 6.50. The van der Waals surface area contributed by atoms with Crippen molar-refractivity contribution < 1.29 is 9.53 Å². The molecule has 2 N–H and O–H groups in total. The first-order valence-corrected chi connectivity index (χ1v) is 8.63. The van der Waals surface area contributed by atoms with Crippen molar-refractivity contribution >= 4 is 30.7 Å². The average molecular weight is 390 g/mol. The average Bonchev–Trinajstić information content (AvgIpc) is 3.11. The molecule has 1 amide bonds. The number of morpholine rings is 1. The van der Waals surface area contributed by atoms with Gasteiger partial charge in [0.15, 0.2) is 0 Å². The van der Waals surface area contributed by atoms with E-state index in [4.69, 9.17) is 4.74 Å². The van der Waals surface area contributed by atoms with Gasteiger partial charge in [-0.3, -0.25) is 9.69 Å². The third-order valence-electron chi connectivity index (χ3n) is 4.75. The molecular formula is C18H29Cl2N3O2. The Hall–Kier alpha value is -0.850. The van der Waals surface area contributed by atoms with Crippen LogP contribution in [0, 0.1) is 6.92 Å². The molecule has 2 atom stereocenters. The number of aryl methyl sites for hydroxylation is 1. The largest absolute Gasteiger partial charge is 0.378 e. The van der Waals surface area contributed by atoms with Crippen LogP contribution in [0.5, 0.6) is 0 Å². The quantitative estimate of drug-likeness (QED) is 0.809. The van der Waals surface area contributed by atoms with E-state index in [1.165, 1.54) is 24.0 Å². The molecule has 0 bridgehead atoms. The second kappa shape index (κ2) is 11.0. The van der Waals surface area contributed by atoms with Crippen molar-refractivity contribution in [1.82, 2.24) is 15.5 Å². The zero-order chi connectivity index (χ0) is 16.1. The summed E-state index contributed by atoms with van der Waals surface area (Å²) in [5, 5.41) is 6.33. The van der Waals surface area contributed by atoms with Crippen LogP contribution in [-0.4, -0.2) is 56.2 Å². The number of benzene rings is 1. The van der Waals surface area contributed by atoms with Crippen molar-refractivity contribution in [1.29, 1.82) is 0 Å². The van der Waals surface area contributed by atoms with Crippen molar-refractivity contribution in [2.45, 2.75) is 31.8 Å². The van der Waals surface area contributed by atoms with Crippen LogP contribution in [0.2, 0.25) is 0 Å². The highest BCUT2D eigenvalue weighted by Gasteiger charge is 2.26. The zero-order valence-corrected chi connectivity index (χ0v) is 16.3. The molecule has 25 heavy (non-hydrogen) atoms. The molecule has 5 nitrogen and oxygen atoms in total. The minimum Gasteiger partial charge on any atom is -0.378 e. The molecule has 0 radical (unpaired) electrons. The Labute approximate surface area is 162 Å². The maximum atomic E-state index is 12.3. The SMILES string of the molecule is Cc1ccc(C(CNC(=O)C2COCCN2)N2CCCC2)cc1.Cl.Cl. The number of nitrogens with zero attached hydrogens (tertiary/aromatic N) is 1. The van der Waals surface area contributed by atoms with Gasteiger partial charge in [-0.1, -0.05) is 29.8 Å². The molecule has 1 aromatic carbocycles. The van der Waals surface area contributed by atoms with Gasteiger partial charge in [0, 0.05) is 13.1 Å². The van der Waals surface area contributed by atoms with E-state index in [0.29, 0.717) is 19.8 Å². The highest BCUT2D eigenvalue weighted by atomic mass is 35.5. The molecule has 2 saturated heterocycles. The number of amides is 1. The van der Waals surface area contributed by atoms with Gasteiger partial charge in [0.2, 0.25) is 5.91 Å². The lowest BCUT2D eigenvalue weighted by atomic mass is 10.0. The normalized spacial score (nSPS) is 21.7. The zero-order valence-electron chi connectivity index (χ0n) is 14.7. The number of nitrogens with one attached hydrogen (secondary N) is 2. The van der Waals surface area contributed by atoms with Gasteiger partial charge in [-0.05, 0) is 38.4 Å². The molecule has 142 valence electrons. The van der Waals surface area contributed by atoms with E-state index in [1.54, 1.807) is 0 Å². The van der Waals surface area contributed by atoms with Gasteiger partial charge in [0.25, 0.3) is 0 Å². The predicted molar refractivity (Wildman–Crippen MR) is 105 cm³/mol. The Bertz CT molecular complexity index is 516. The topological polar surface area (TPSA) is 53.6 Å². The fraction of sp³-hybridized carbons (Fsp3) is 0.611. The molecule has 0 saturated carbocycles. The van der Waals surface area contributed by atoms with E-state index in [9.17, 15) is 4.79 Å². The number of carbonyl (C=O) groups excluding carboxylic acids is 1. The second-order valence-corrected chi connectivity index (χ2v) is 6.50. The Kier molecular flexibility index (Phi) is 9.75. The van der Waals surface area contributed by atoms with E-state index in [-0.39, 0.29) is 42.8 Å². The van der Waals surface area contributed by atoms with Crippen LogP contribution in [0.15, 0.2) is 24.3 Å². The van der Waals surface area contributed by atoms with E-state index in [2.05, 4.69) is 46.7 Å². The van der Waals surface area contributed by atoms with Crippen molar-refractivity contribution in [3.05, 3.63) is 35.4 Å². The highest BCUT2D eigenvalue weighted by Crippen LogP contribution is 2.24.